The molecule has 1 aliphatic rings. The SMILES string of the molecule is CC(C)(C)[Si](C)(C)OC[C@H]1CC[C@H](CCO)O1. The van der Waals surface area contributed by atoms with Gasteiger partial charge in [-0.3, -0.25) is 0 Å². The molecular formula is C13H28O3Si. The van der Waals surface area contributed by atoms with Gasteiger partial charge in [0, 0.05) is 6.61 Å². The van der Waals surface area contributed by atoms with Gasteiger partial charge in [0.15, 0.2) is 8.32 Å². The maximum Gasteiger partial charge on any atom is 0.192 e. The summed E-state index contributed by atoms with van der Waals surface area (Å²) in [5.41, 5.74) is 0. The van der Waals surface area contributed by atoms with Crippen molar-refractivity contribution in [2.45, 2.75) is 70.4 Å². The molecule has 1 aliphatic heterocycles. The smallest absolute Gasteiger partial charge is 0.192 e. The summed E-state index contributed by atoms with van der Waals surface area (Å²) in [7, 11) is -1.64. The van der Waals surface area contributed by atoms with Gasteiger partial charge in [-0.1, -0.05) is 20.8 Å². The van der Waals surface area contributed by atoms with Gasteiger partial charge in [-0.05, 0) is 37.4 Å². The van der Waals surface area contributed by atoms with Crippen LogP contribution < -0.4 is 0 Å². The highest BCUT2D eigenvalue weighted by molar-refractivity contribution is 6.74. The Labute approximate surface area is 107 Å². The van der Waals surface area contributed by atoms with Crippen LogP contribution in [0.25, 0.3) is 0 Å². The highest BCUT2D eigenvalue weighted by atomic mass is 28.4. The first-order valence-corrected chi connectivity index (χ1v) is 9.57. The minimum absolute atomic E-state index is 0.223. The second-order valence-corrected chi connectivity index (χ2v) is 11.4. The van der Waals surface area contributed by atoms with Gasteiger partial charge in [-0.2, -0.15) is 0 Å². The summed E-state index contributed by atoms with van der Waals surface area (Å²) in [6, 6.07) is 0. The molecule has 2 atom stereocenters. The van der Waals surface area contributed by atoms with Crippen LogP contribution in [0.4, 0.5) is 0 Å². The predicted octanol–water partition coefficient (Wildman–Crippen LogP) is 2.94. The standard InChI is InChI=1S/C13H28O3Si/c1-13(2,3)17(4,5)15-10-12-7-6-11(16-12)8-9-14/h11-12,14H,6-10H2,1-5H3/t11-,12-/m1/s1. The topological polar surface area (TPSA) is 38.7 Å². The lowest BCUT2D eigenvalue weighted by Gasteiger charge is -2.36. The summed E-state index contributed by atoms with van der Waals surface area (Å²) < 4.78 is 12.0. The lowest BCUT2D eigenvalue weighted by Crippen LogP contribution is -2.42. The van der Waals surface area contributed by atoms with Crippen molar-refractivity contribution in [1.82, 2.24) is 0 Å². The number of hydrogen-bond acceptors (Lipinski definition) is 3. The summed E-state index contributed by atoms with van der Waals surface area (Å²) >= 11 is 0. The fraction of sp³-hybridized carbons (Fsp3) is 1.00. The molecule has 0 spiro atoms. The molecular weight excluding hydrogens is 232 g/mol. The molecule has 0 aromatic heterocycles. The van der Waals surface area contributed by atoms with E-state index in [1.54, 1.807) is 0 Å². The number of aliphatic hydroxyl groups is 1. The van der Waals surface area contributed by atoms with E-state index in [0.29, 0.717) is 0 Å². The fourth-order valence-electron chi connectivity index (χ4n) is 1.78. The van der Waals surface area contributed by atoms with Crippen molar-refractivity contribution in [3.63, 3.8) is 0 Å². The van der Waals surface area contributed by atoms with Crippen molar-refractivity contribution >= 4 is 8.32 Å². The van der Waals surface area contributed by atoms with Crippen LogP contribution in [0.3, 0.4) is 0 Å². The maximum absolute atomic E-state index is 8.87. The van der Waals surface area contributed by atoms with Gasteiger partial charge in [0.1, 0.15) is 0 Å². The minimum atomic E-state index is -1.64. The maximum atomic E-state index is 8.87. The monoisotopic (exact) mass is 260 g/mol. The number of aliphatic hydroxyl groups excluding tert-OH is 1. The molecule has 0 aromatic carbocycles. The average Bonchev–Trinajstić information content (AvgIpc) is 2.62. The van der Waals surface area contributed by atoms with Crippen molar-refractivity contribution in [2.75, 3.05) is 13.2 Å². The zero-order valence-electron chi connectivity index (χ0n) is 12.0. The Hall–Kier alpha value is 0.0969. The Morgan fingerprint density at radius 1 is 1.24 bits per heavy atom. The first-order chi connectivity index (χ1) is 7.76. The molecule has 0 saturated carbocycles. The highest BCUT2D eigenvalue weighted by Gasteiger charge is 2.38. The third-order valence-corrected chi connectivity index (χ3v) is 8.58. The van der Waals surface area contributed by atoms with Gasteiger partial charge in [0.2, 0.25) is 0 Å². The third kappa shape index (κ3) is 4.36. The minimum Gasteiger partial charge on any atom is -0.414 e. The first-order valence-electron chi connectivity index (χ1n) is 6.66. The van der Waals surface area contributed by atoms with E-state index in [0.717, 1.165) is 25.9 Å². The number of hydrogen-bond donors (Lipinski definition) is 1. The molecule has 0 aliphatic carbocycles. The van der Waals surface area contributed by atoms with E-state index in [4.69, 9.17) is 14.3 Å². The van der Waals surface area contributed by atoms with Crippen LogP contribution in [-0.2, 0) is 9.16 Å². The summed E-state index contributed by atoms with van der Waals surface area (Å²) in [5.74, 6) is 0. The number of rotatable bonds is 5. The quantitative estimate of drug-likeness (QED) is 0.772. The Morgan fingerprint density at radius 2 is 1.82 bits per heavy atom. The molecule has 0 unspecified atom stereocenters. The van der Waals surface area contributed by atoms with Crippen LogP contribution in [0.1, 0.15) is 40.0 Å². The Kier molecular flexibility index (Phi) is 5.19. The Morgan fingerprint density at radius 3 is 2.35 bits per heavy atom. The van der Waals surface area contributed by atoms with Gasteiger partial charge in [0.05, 0.1) is 18.8 Å². The molecule has 1 rings (SSSR count). The van der Waals surface area contributed by atoms with Gasteiger partial charge < -0.3 is 14.3 Å². The molecule has 4 heteroatoms. The molecule has 0 radical (unpaired) electrons. The van der Waals surface area contributed by atoms with E-state index in [2.05, 4.69) is 33.9 Å². The van der Waals surface area contributed by atoms with Crippen LogP contribution in [0.5, 0.6) is 0 Å². The van der Waals surface area contributed by atoms with Crippen molar-refractivity contribution in [1.29, 1.82) is 0 Å². The molecule has 1 fully saturated rings. The second kappa shape index (κ2) is 5.82. The van der Waals surface area contributed by atoms with Crippen LogP contribution in [0, 0.1) is 0 Å². The Balaban J connectivity index is 2.33. The molecule has 0 amide bonds. The molecule has 3 nitrogen and oxygen atoms in total. The molecule has 0 bridgehead atoms. The van der Waals surface area contributed by atoms with Crippen molar-refractivity contribution in [3.05, 3.63) is 0 Å². The highest BCUT2D eigenvalue weighted by Crippen LogP contribution is 2.37. The predicted molar refractivity (Wildman–Crippen MR) is 72.7 cm³/mol. The first kappa shape index (κ1) is 15.2. The zero-order chi connectivity index (χ0) is 13.1. The van der Waals surface area contributed by atoms with Crippen molar-refractivity contribution in [3.8, 4) is 0 Å². The Bertz CT molecular complexity index is 235. The molecule has 1 N–H and O–H groups in total. The van der Waals surface area contributed by atoms with Crippen LogP contribution >= 0.6 is 0 Å². The lowest BCUT2D eigenvalue weighted by molar-refractivity contribution is 0.00509. The summed E-state index contributed by atoms with van der Waals surface area (Å²) in [6.07, 6.45) is 3.37. The summed E-state index contributed by atoms with van der Waals surface area (Å²) in [5, 5.41) is 9.13. The van der Waals surface area contributed by atoms with E-state index in [1.807, 2.05) is 0 Å². The van der Waals surface area contributed by atoms with Crippen molar-refractivity contribution < 1.29 is 14.3 Å². The third-order valence-electron chi connectivity index (χ3n) is 4.08. The summed E-state index contributed by atoms with van der Waals surface area (Å²) in [6.45, 7) is 12.2. The van der Waals surface area contributed by atoms with Crippen LogP contribution in [0.15, 0.2) is 0 Å². The van der Waals surface area contributed by atoms with E-state index in [1.165, 1.54) is 0 Å². The lowest BCUT2D eigenvalue weighted by atomic mass is 10.1. The molecule has 1 saturated heterocycles. The largest absolute Gasteiger partial charge is 0.414 e. The van der Waals surface area contributed by atoms with E-state index in [-0.39, 0.29) is 23.9 Å². The van der Waals surface area contributed by atoms with Crippen LogP contribution in [0.2, 0.25) is 18.1 Å². The fourth-order valence-corrected chi connectivity index (χ4v) is 2.81. The summed E-state index contributed by atoms with van der Waals surface area (Å²) in [4.78, 5) is 0. The van der Waals surface area contributed by atoms with E-state index < -0.39 is 8.32 Å². The van der Waals surface area contributed by atoms with Crippen LogP contribution in [-0.4, -0.2) is 38.8 Å². The molecule has 0 aromatic rings. The van der Waals surface area contributed by atoms with Gasteiger partial charge in [-0.15, -0.1) is 0 Å². The second-order valence-electron chi connectivity index (χ2n) is 6.54. The van der Waals surface area contributed by atoms with Gasteiger partial charge in [0.25, 0.3) is 0 Å². The van der Waals surface area contributed by atoms with E-state index >= 15 is 0 Å². The normalized spacial score (nSPS) is 26.5. The average molecular weight is 260 g/mol. The molecule has 17 heavy (non-hydrogen) atoms. The number of ether oxygens (including phenoxy) is 1. The van der Waals surface area contributed by atoms with E-state index in [9.17, 15) is 0 Å². The van der Waals surface area contributed by atoms with Gasteiger partial charge >= 0.3 is 0 Å². The van der Waals surface area contributed by atoms with Crippen molar-refractivity contribution in [2.24, 2.45) is 0 Å². The zero-order valence-corrected chi connectivity index (χ0v) is 13.0. The molecule has 1 heterocycles. The molecule has 102 valence electrons. The van der Waals surface area contributed by atoms with Gasteiger partial charge in [-0.25, -0.2) is 0 Å².